The third kappa shape index (κ3) is 2.25. The van der Waals surface area contributed by atoms with E-state index in [1.807, 2.05) is 0 Å². The molecule has 2 rings (SSSR count). The highest BCUT2D eigenvalue weighted by Gasteiger charge is 2.31. The molecule has 0 aliphatic heterocycles. The molecule has 0 saturated carbocycles. The molecule has 0 fully saturated rings. The van der Waals surface area contributed by atoms with Crippen LogP contribution in [0.25, 0.3) is 11.0 Å². The zero-order valence-electron chi connectivity index (χ0n) is 7.88. The molecule has 7 heteroatoms. The Balaban J connectivity index is 2.36. The van der Waals surface area contributed by atoms with Crippen molar-refractivity contribution >= 4 is 11.0 Å². The van der Waals surface area contributed by atoms with Gasteiger partial charge in [0.15, 0.2) is 0 Å². The van der Waals surface area contributed by atoms with Gasteiger partial charge < -0.3 is 14.8 Å². The number of aromatic nitrogens is 2. The highest BCUT2D eigenvalue weighted by molar-refractivity contribution is 5.76. The lowest BCUT2D eigenvalue weighted by atomic mass is 10.3. The normalized spacial score (nSPS) is 12.0. The third-order valence-electron chi connectivity index (χ3n) is 1.89. The van der Waals surface area contributed by atoms with Crippen LogP contribution in [-0.4, -0.2) is 21.4 Å². The fraction of sp³-hybridized carbons (Fsp3) is 0.222. The van der Waals surface area contributed by atoms with Gasteiger partial charge in [0.25, 0.3) is 0 Å². The maximum atomic E-state index is 11.9. The number of ether oxygens (including phenoxy) is 1. The maximum Gasteiger partial charge on any atom is 0.573 e. The van der Waals surface area contributed by atoms with Crippen molar-refractivity contribution < 1.29 is 23.0 Å². The fourth-order valence-corrected chi connectivity index (χ4v) is 1.31. The second kappa shape index (κ2) is 3.67. The first-order valence-electron chi connectivity index (χ1n) is 4.33. The standard InChI is InChI=1S/C9H7F3N2O2/c10-9(11,12)16-5-1-2-6-7(3-5)14-8(4-15)13-6/h1-3,15H,4H2,(H,13,14). The number of imidazole rings is 1. The molecule has 0 radical (unpaired) electrons. The summed E-state index contributed by atoms with van der Waals surface area (Å²) in [5.41, 5.74) is 0.851. The number of aliphatic hydroxyl groups is 1. The molecule has 0 amide bonds. The molecule has 4 nitrogen and oxygen atoms in total. The molecule has 16 heavy (non-hydrogen) atoms. The lowest BCUT2D eigenvalue weighted by molar-refractivity contribution is -0.274. The second-order valence-corrected chi connectivity index (χ2v) is 3.07. The fourth-order valence-electron chi connectivity index (χ4n) is 1.31. The van der Waals surface area contributed by atoms with Gasteiger partial charge in [-0.1, -0.05) is 0 Å². The molecule has 1 aromatic heterocycles. The van der Waals surface area contributed by atoms with Gasteiger partial charge in [-0.3, -0.25) is 0 Å². The van der Waals surface area contributed by atoms with Gasteiger partial charge >= 0.3 is 6.36 Å². The van der Waals surface area contributed by atoms with Crippen molar-refractivity contribution in [1.29, 1.82) is 0 Å². The van der Waals surface area contributed by atoms with Crippen LogP contribution in [-0.2, 0) is 6.61 Å². The summed E-state index contributed by atoms with van der Waals surface area (Å²) in [6.45, 7) is -0.301. The number of aromatic amines is 1. The topological polar surface area (TPSA) is 58.1 Å². The lowest BCUT2D eigenvalue weighted by Crippen LogP contribution is -2.16. The summed E-state index contributed by atoms with van der Waals surface area (Å²) in [4.78, 5) is 6.59. The smallest absolute Gasteiger partial charge is 0.406 e. The van der Waals surface area contributed by atoms with Gasteiger partial charge in [0.05, 0.1) is 11.0 Å². The first kappa shape index (κ1) is 10.7. The largest absolute Gasteiger partial charge is 0.573 e. The number of H-pyrrole nitrogens is 1. The van der Waals surface area contributed by atoms with E-state index in [2.05, 4.69) is 14.7 Å². The van der Waals surface area contributed by atoms with E-state index >= 15 is 0 Å². The molecule has 0 spiro atoms. The van der Waals surface area contributed by atoms with Crippen molar-refractivity contribution in [2.45, 2.75) is 13.0 Å². The Morgan fingerprint density at radius 3 is 2.75 bits per heavy atom. The number of nitrogens with one attached hydrogen (secondary N) is 1. The molecular weight excluding hydrogens is 225 g/mol. The van der Waals surface area contributed by atoms with Gasteiger partial charge in [-0.15, -0.1) is 13.2 Å². The van der Waals surface area contributed by atoms with Crippen molar-refractivity contribution in [3.63, 3.8) is 0 Å². The zero-order valence-corrected chi connectivity index (χ0v) is 7.88. The van der Waals surface area contributed by atoms with Gasteiger partial charge in [0.2, 0.25) is 0 Å². The molecule has 1 heterocycles. The van der Waals surface area contributed by atoms with Crippen LogP contribution in [0.3, 0.4) is 0 Å². The van der Waals surface area contributed by atoms with Crippen LogP contribution in [0.2, 0.25) is 0 Å². The minimum absolute atomic E-state index is 0.291. The van der Waals surface area contributed by atoms with Crippen molar-refractivity contribution in [2.24, 2.45) is 0 Å². The van der Waals surface area contributed by atoms with E-state index in [4.69, 9.17) is 5.11 Å². The number of alkyl halides is 3. The van der Waals surface area contributed by atoms with E-state index < -0.39 is 6.36 Å². The Hall–Kier alpha value is -1.76. The molecule has 2 aromatic rings. The molecule has 0 aliphatic rings. The van der Waals surface area contributed by atoms with Gasteiger partial charge in [0, 0.05) is 6.07 Å². The molecule has 0 bridgehead atoms. The van der Waals surface area contributed by atoms with Gasteiger partial charge in [-0.25, -0.2) is 4.98 Å². The molecule has 0 aliphatic carbocycles. The van der Waals surface area contributed by atoms with Crippen LogP contribution in [0.1, 0.15) is 5.82 Å². The summed E-state index contributed by atoms with van der Waals surface area (Å²) >= 11 is 0. The number of rotatable bonds is 2. The molecular formula is C9H7F3N2O2. The van der Waals surface area contributed by atoms with Crippen LogP contribution >= 0.6 is 0 Å². The number of benzene rings is 1. The highest BCUT2D eigenvalue weighted by Crippen LogP contribution is 2.25. The number of aliphatic hydroxyl groups excluding tert-OH is 1. The number of nitrogens with zero attached hydrogens (tertiary/aromatic N) is 1. The monoisotopic (exact) mass is 232 g/mol. The van der Waals surface area contributed by atoms with E-state index in [0.29, 0.717) is 16.9 Å². The van der Waals surface area contributed by atoms with Crippen LogP contribution in [0.15, 0.2) is 18.2 Å². The van der Waals surface area contributed by atoms with Gasteiger partial charge in [-0.05, 0) is 12.1 Å². The third-order valence-corrected chi connectivity index (χ3v) is 1.89. The average molecular weight is 232 g/mol. The average Bonchev–Trinajstić information content (AvgIpc) is 2.57. The molecule has 0 saturated heterocycles. The second-order valence-electron chi connectivity index (χ2n) is 3.07. The van der Waals surface area contributed by atoms with Crippen molar-refractivity contribution in [1.82, 2.24) is 9.97 Å². The quantitative estimate of drug-likeness (QED) is 0.832. The minimum atomic E-state index is -4.71. The Morgan fingerprint density at radius 2 is 2.12 bits per heavy atom. The molecule has 86 valence electrons. The van der Waals surface area contributed by atoms with Crippen LogP contribution in [0.5, 0.6) is 5.75 Å². The summed E-state index contributed by atoms with van der Waals surface area (Å²) in [7, 11) is 0. The molecule has 1 aromatic carbocycles. The molecule has 2 N–H and O–H groups in total. The number of halogens is 3. The number of hydrogen-bond acceptors (Lipinski definition) is 3. The minimum Gasteiger partial charge on any atom is -0.406 e. The maximum absolute atomic E-state index is 11.9. The summed E-state index contributed by atoms with van der Waals surface area (Å²) in [5, 5.41) is 8.79. The first-order valence-corrected chi connectivity index (χ1v) is 4.33. The summed E-state index contributed by atoms with van der Waals surface area (Å²) in [6, 6.07) is 3.72. The van der Waals surface area contributed by atoms with E-state index in [0.717, 1.165) is 6.07 Å². The van der Waals surface area contributed by atoms with Crippen molar-refractivity contribution in [3.05, 3.63) is 24.0 Å². The molecule has 0 unspecified atom stereocenters. The number of hydrogen-bond donors (Lipinski definition) is 2. The van der Waals surface area contributed by atoms with Gasteiger partial charge in [0.1, 0.15) is 18.2 Å². The molecule has 0 atom stereocenters. The Kier molecular flexibility index (Phi) is 2.47. The predicted octanol–water partition coefficient (Wildman–Crippen LogP) is 1.95. The zero-order chi connectivity index (χ0) is 11.8. The van der Waals surface area contributed by atoms with Crippen LogP contribution < -0.4 is 4.74 Å². The van der Waals surface area contributed by atoms with E-state index in [-0.39, 0.29) is 12.4 Å². The lowest BCUT2D eigenvalue weighted by Gasteiger charge is -2.07. The summed E-state index contributed by atoms with van der Waals surface area (Å²) < 4.78 is 39.5. The SMILES string of the molecule is OCc1nc2ccc(OC(F)(F)F)cc2[nH]1. The van der Waals surface area contributed by atoms with Crippen LogP contribution in [0, 0.1) is 0 Å². The Bertz CT molecular complexity index is 507. The van der Waals surface area contributed by atoms with Crippen molar-refractivity contribution in [2.75, 3.05) is 0 Å². The van der Waals surface area contributed by atoms with E-state index in [9.17, 15) is 13.2 Å². The highest BCUT2D eigenvalue weighted by atomic mass is 19.4. The van der Waals surface area contributed by atoms with Gasteiger partial charge in [-0.2, -0.15) is 0 Å². The summed E-state index contributed by atoms with van der Waals surface area (Å²) in [5.74, 6) is -0.0349. The number of fused-ring (bicyclic) bond motifs is 1. The predicted molar refractivity (Wildman–Crippen MR) is 48.7 cm³/mol. The first-order chi connectivity index (χ1) is 7.48. The van der Waals surface area contributed by atoms with Crippen molar-refractivity contribution in [3.8, 4) is 5.75 Å². The van der Waals surface area contributed by atoms with E-state index in [1.54, 1.807) is 0 Å². The summed E-state index contributed by atoms with van der Waals surface area (Å²) in [6.07, 6.45) is -4.71. The van der Waals surface area contributed by atoms with E-state index in [1.165, 1.54) is 12.1 Å². The Labute approximate surface area is 87.7 Å². The van der Waals surface area contributed by atoms with Crippen LogP contribution in [0.4, 0.5) is 13.2 Å². The Morgan fingerprint density at radius 1 is 1.38 bits per heavy atom.